The predicted molar refractivity (Wildman–Crippen MR) is 133 cm³/mol. The molecule has 2 aromatic heterocycles. The molecule has 5 rings (SSSR count). The monoisotopic (exact) mass is 527 g/mol. The standard InChI is InChI=1S/C28H25F4N3O3/c1-26(2)15-38-24-20(26)13-22(34-23(24)16-4-7-19(29)8-5-16)27(37,28(30,31)32)14-33-25(36)18-6-9-21-17(12-18)10-11-35(21)3/h4-13,37H,14-15H2,1-3H3,(H,33,36)/t27-/m0/s1. The lowest BCUT2D eigenvalue weighted by Gasteiger charge is -2.31. The van der Waals surface area contributed by atoms with Crippen molar-refractivity contribution in [2.24, 2.45) is 7.05 Å². The van der Waals surface area contributed by atoms with Gasteiger partial charge >= 0.3 is 6.18 Å². The van der Waals surface area contributed by atoms with Gasteiger partial charge in [-0.1, -0.05) is 13.8 Å². The second-order valence-corrected chi connectivity index (χ2v) is 10.2. The Morgan fingerprint density at radius 2 is 1.84 bits per heavy atom. The molecule has 198 valence electrons. The lowest BCUT2D eigenvalue weighted by atomic mass is 9.84. The number of halogens is 4. The predicted octanol–water partition coefficient (Wildman–Crippen LogP) is 5.23. The summed E-state index contributed by atoms with van der Waals surface area (Å²) in [6.07, 6.45) is -3.38. The van der Waals surface area contributed by atoms with E-state index in [1.165, 1.54) is 24.3 Å². The van der Waals surface area contributed by atoms with Crippen molar-refractivity contribution >= 4 is 16.8 Å². The van der Waals surface area contributed by atoms with Crippen LogP contribution in [0.25, 0.3) is 22.2 Å². The molecule has 0 saturated carbocycles. The smallest absolute Gasteiger partial charge is 0.424 e. The third kappa shape index (κ3) is 4.28. The highest BCUT2D eigenvalue weighted by Gasteiger charge is 2.57. The van der Waals surface area contributed by atoms with Crippen molar-refractivity contribution in [1.29, 1.82) is 0 Å². The third-order valence-electron chi connectivity index (χ3n) is 6.94. The van der Waals surface area contributed by atoms with Gasteiger partial charge in [0.25, 0.3) is 5.91 Å². The summed E-state index contributed by atoms with van der Waals surface area (Å²) in [6.45, 7) is 2.61. The maximum atomic E-state index is 14.5. The van der Waals surface area contributed by atoms with Gasteiger partial charge in [0.05, 0.1) is 18.8 Å². The molecule has 0 saturated heterocycles. The average Bonchev–Trinajstić information content (AvgIpc) is 3.40. The minimum Gasteiger partial charge on any atom is -0.490 e. The first-order valence-electron chi connectivity index (χ1n) is 11.9. The molecule has 6 nitrogen and oxygen atoms in total. The molecule has 38 heavy (non-hydrogen) atoms. The van der Waals surface area contributed by atoms with Gasteiger partial charge in [0, 0.05) is 46.3 Å². The van der Waals surface area contributed by atoms with Gasteiger partial charge in [0.1, 0.15) is 17.3 Å². The van der Waals surface area contributed by atoms with Crippen LogP contribution in [-0.4, -0.2) is 39.9 Å². The van der Waals surface area contributed by atoms with Crippen LogP contribution in [0.2, 0.25) is 0 Å². The number of ether oxygens (including phenoxy) is 1. The number of nitrogens with one attached hydrogen (secondary N) is 1. The number of hydrogen-bond acceptors (Lipinski definition) is 4. The molecule has 0 aliphatic carbocycles. The summed E-state index contributed by atoms with van der Waals surface area (Å²) in [5.41, 5.74) is -3.08. The van der Waals surface area contributed by atoms with Crippen LogP contribution in [-0.2, 0) is 18.1 Å². The first-order chi connectivity index (χ1) is 17.8. The molecular formula is C28H25F4N3O3. The Morgan fingerprint density at radius 3 is 2.53 bits per heavy atom. The van der Waals surface area contributed by atoms with E-state index >= 15 is 0 Å². The van der Waals surface area contributed by atoms with Gasteiger partial charge in [0.15, 0.2) is 0 Å². The summed E-state index contributed by atoms with van der Waals surface area (Å²) in [5, 5.41) is 14.1. The lowest BCUT2D eigenvalue weighted by molar-refractivity contribution is -0.265. The Bertz CT molecular complexity index is 1540. The molecule has 10 heteroatoms. The van der Waals surface area contributed by atoms with Crippen molar-refractivity contribution in [3.05, 3.63) is 83.4 Å². The molecule has 0 spiro atoms. The van der Waals surface area contributed by atoms with Gasteiger partial charge < -0.3 is 19.7 Å². The molecule has 1 amide bonds. The molecular weight excluding hydrogens is 502 g/mol. The van der Waals surface area contributed by atoms with Crippen LogP contribution in [0, 0.1) is 5.82 Å². The zero-order chi connectivity index (χ0) is 27.5. The van der Waals surface area contributed by atoms with Gasteiger partial charge in [-0.15, -0.1) is 0 Å². The number of benzene rings is 2. The molecule has 0 radical (unpaired) electrons. The number of nitrogens with zero attached hydrogens (tertiary/aromatic N) is 2. The minimum atomic E-state index is -5.19. The van der Waals surface area contributed by atoms with Crippen molar-refractivity contribution in [3.63, 3.8) is 0 Å². The molecule has 1 atom stereocenters. The molecule has 0 bridgehead atoms. The molecule has 4 aromatic rings. The summed E-state index contributed by atoms with van der Waals surface area (Å²) in [7, 11) is 1.83. The normalized spacial score (nSPS) is 16.1. The van der Waals surface area contributed by atoms with E-state index in [1.807, 2.05) is 11.6 Å². The van der Waals surface area contributed by atoms with Crippen LogP contribution < -0.4 is 10.1 Å². The topological polar surface area (TPSA) is 76.4 Å². The van der Waals surface area contributed by atoms with Gasteiger partial charge in [-0.25, -0.2) is 9.37 Å². The number of hydrogen-bond donors (Lipinski definition) is 2. The fourth-order valence-corrected chi connectivity index (χ4v) is 4.60. The maximum Gasteiger partial charge on any atom is 0.424 e. The van der Waals surface area contributed by atoms with Crippen molar-refractivity contribution in [2.45, 2.75) is 31.0 Å². The molecule has 1 aliphatic rings. The van der Waals surface area contributed by atoms with Crippen LogP contribution in [0.4, 0.5) is 17.6 Å². The number of carbonyl (C=O) groups excluding carboxylic acids is 1. The number of fused-ring (bicyclic) bond motifs is 2. The second kappa shape index (κ2) is 8.83. The molecule has 1 aliphatic heterocycles. The molecule has 2 aromatic carbocycles. The molecule has 3 heterocycles. The van der Waals surface area contributed by atoms with E-state index in [2.05, 4.69) is 10.3 Å². The zero-order valence-corrected chi connectivity index (χ0v) is 20.9. The van der Waals surface area contributed by atoms with E-state index in [-0.39, 0.29) is 23.6 Å². The van der Waals surface area contributed by atoms with Crippen molar-refractivity contribution < 1.29 is 32.2 Å². The third-order valence-corrected chi connectivity index (χ3v) is 6.94. The quantitative estimate of drug-likeness (QED) is 0.349. The highest BCUT2D eigenvalue weighted by molar-refractivity contribution is 5.98. The van der Waals surface area contributed by atoms with Gasteiger partial charge in [-0.3, -0.25) is 4.79 Å². The van der Waals surface area contributed by atoms with Crippen LogP contribution in [0.15, 0.2) is 60.8 Å². The van der Waals surface area contributed by atoms with Crippen molar-refractivity contribution in [1.82, 2.24) is 14.9 Å². The van der Waals surface area contributed by atoms with E-state index in [4.69, 9.17) is 4.74 Å². The highest BCUT2D eigenvalue weighted by atomic mass is 19.4. The van der Waals surface area contributed by atoms with Gasteiger partial charge in [-0.2, -0.15) is 13.2 Å². The number of pyridine rings is 1. The van der Waals surface area contributed by atoms with Crippen LogP contribution in [0.5, 0.6) is 5.75 Å². The van der Waals surface area contributed by atoms with Crippen molar-refractivity contribution in [3.8, 4) is 17.0 Å². The number of aryl methyl sites for hydroxylation is 1. The number of carbonyl (C=O) groups is 1. The van der Waals surface area contributed by atoms with E-state index in [1.54, 1.807) is 38.2 Å². The Morgan fingerprint density at radius 1 is 1.13 bits per heavy atom. The maximum absolute atomic E-state index is 14.5. The van der Waals surface area contributed by atoms with Gasteiger partial charge in [0.2, 0.25) is 5.60 Å². The average molecular weight is 528 g/mol. The fraction of sp³-hybridized carbons (Fsp3) is 0.286. The van der Waals surface area contributed by atoms with Crippen LogP contribution in [0.3, 0.4) is 0 Å². The van der Waals surface area contributed by atoms with E-state index < -0.39 is 41.2 Å². The van der Waals surface area contributed by atoms with E-state index in [9.17, 15) is 27.5 Å². The summed E-state index contributed by atoms with van der Waals surface area (Å²) in [4.78, 5) is 17.0. The number of aromatic nitrogens is 2. The van der Waals surface area contributed by atoms with Crippen molar-refractivity contribution in [2.75, 3.05) is 13.2 Å². The number of alkyl halides is 3. The number of aliphatic hydroxyl groups is 1. The second-order valence-electron chi connectivity index (χ2n) is 10.2. The largest absolute Gasteiger partial charge is 0.490 e. The number of rotatable bonds is 5. The molecule has 0 unspecified atom stereocenters. The van der Waals surface area contributed by atoms with Crippen LogP contribution in [0.1, 0.15) is 35.5 Å². The Hall–Kier alpha value is -3.92. The lowest BCUT2D eigenvalue weighted by Crippen LogP contribution is -2.51. The first-order valence-corrected chi connectivity index (χ1v) is 11.9. The highest BCUT2D eigenvalue weighted by Crippen LogP contribution is 2.47. The first kappa shape index (κ1) is 25.7. The summed E-state index contributed by atoms with van der Waals surface area (Å²) < 4.78 is 64.6. The molecule has 0 fully saturated rings. The summed E-state index contributed by atoms with van der Waals surface area (Å²) >= 11 is 0. The molecule has 2 N–H and O–H groups in total. The fourth-order valence-electron chi connectivity index (χ4n) is 4.60. The SMILES string of the molecule is Cn1ccc2cc(C(=O)NC[C@](O)(c3cc4c(c(-c5ccc(F)cc5)n3)OCC4(C)C)C(F)(F)F)ccc21. The van der Waals surface area contributed by atoms with Crippen LogP contribution >= 0.6 is 0 Å². The van der Waals surface area contributed by atoms with E-state index in [0.717, 1.165) is 23.0 Å². The number of amides is 1. The minimum absolute atomic E-state index is 0.0478. The zero-order valence-electron chi connectivity index (χ0n) is 20.9. The van der Waals surface area contributed by atoms with Gasteiger partial charge in [-0.05, 0) is 54.6 Å². The summed E-state index contributed by atoms with van der Waals surface area (Å²) in [5.74, 6) is -1.02. The van der Waals surface area contributed by atoms with E-state index in [0.29, 0.717) is 11.1 Å². The Balaban J connectivity index is 1.55. The summed E-state index contributed by atoms with van der Waals surface area (Å²) in [6, 6.07) is 12.8. The Labute approximate surface area is 215 Å². The Kier molecular flexibility index (Phi) is 5.98.